The van der Waals surface area contributed by atoms with Crippen molar-refractivity contribution in [3.63, 3.8) is 0 Å². The van der Waals surface area contributed by atoms with Gasteiger partial charge in [0.15, 0.2) is 0 Å². The maximum atomic E-state index is 12.9. The Kier molecular flexibility index (Phi) is 4.30. The Morgan fingerprint density at radius 3 is 2.40 bits per heavy atom. The lowest BCUT2D eigenvalue weighted by atomic mass is 9.81. The molecule has 1 aliphatic heterocycles. The van der Waals surface area contributed by atoms with Gasteiger partial charge in [0.25, 0.3) is 0 Å². The van der Waals surface area contributed by atoms with Gasteiger partial charge in [0.1, 0.15) is 11.8 Å². The highest BCUT2D eigenvalue weighted by molar-refractivity contribution is 9.12. The number of halogens is 2. The highest BCUT2D eigenvalue weighted by Gasteiger charge is 2.67. The van der Waals surface area contributed by atoms with E-state index in [0.717, 1.165) is 6.42 Å². The van der Waals surface area contributed by atoms with Crippen LogP contribution in [0.2, 0.25) is 0 Å². The molecule has 3 fully saturated rings. The largest absolute Gasteiger partial charge is 0.467 e. The topological polar surface area (TPSA) is 79.6 Å². The van der Waals surface area contributed by atoms with Gasteiger partial charge in [0, 0.05) is 9.65 Å². The van der Waals surface area contributed by atoms with Gasteiger partial charge in [-0.3, -0.25) is 19.3 Å². The van der Waals surface area contributed by atoms with Crippen LogP contribution in [0.1, 0.15) is 19.1 Å². The molecule has 0 spiro atoms. The van der Waals surface area contributed by atoms with Crippen molar-refractivity contribution in [3.05, 3.63) is 24.2 Å². The third kappa shape index (κ3) is 2.51. The fourth-order valence-corrected chi connectivity index (χ4v) is 6.48. The molecule has 4 rings (SSSR count). The molecule has 25 heavy (non-hydrogen) atoms. The summed E-state index contributed by atoms with van der Waals surface area (Å²) in [6.07, 6.45) is 2.41. The van der Waals surface area contributed by atoms with Crippen LogP contribution in [0.4, 0.5) is 0 Å². The van der Waals surface area contributed by atoms with Crippen LogP contribution in [0.15, 0.2) is 22.8 Å². The molecule has 0 aromatic carbocycles. The summed E-state index contributed by atoms with van der Waals surface area (Å²) >= 11 is 7.32. The lowest BCUT2D eigenvalue weighted by Gasteiger charge is -2.28. The van der Waals surface area contributed by atoms with Crippen LogP contribution in [0.3, 0.4) is 0 Å². The summed E-state index contributed by atoms with van der Waals surface area (Å²) in [5, 5.41) is 2.73. The number of carbonyl (C=O) groups excluding carboxylic acids is 3. The first kappa shape index (κ1) is 17.3. The van der Waals surface area contributed by atoms with E-state index < -0.39 is 6.04 Å². The van der Waals surface area contributed by atoms with E-state index in [1.54, 1.807) is 19.1 Å². The number of amides is 3. The molecule has 3 amide bonds. The minimum atomic E-state index is -0.817. The highest BCUT2D eigenvalue weighted by Crippen LogP contribution is 2.60. The monoisotopic (exact) mass is 472 g/mol. The second-order valence-electron chi connectivity index (χ2n) is 7.02. The Morgan fingerprint density at radius 1 is 1.28 bits per heavy atom. The van der Waals surface area contributed by atoms with Crippen LogP contribution in [-0.2, 0) is 20.9 Å². The molecule has 6 nitrogen and oxygen atoms in total. The predicted molar refractivity (Wildman–Crippen MR) is 95.9 cm³/mol. The molecular weight excluding hydrogens is 456 g/mol. The van der Waals surface area contributed by atoms with Crippen molar-refractivity contribution in [2.45, 2.75) is 35.6 Å². The maximum absolute atomic E-state index is 12.9. The molecule has 2 saturated carbocycles. The Hall–Kier alpha value is -1.15. The number of carbonyl (C=O) groups is 3. The van der Waals surface area contributed by atoms with Crippen LogP contribution in [-0.4, -0.2) is 38.3 Å². The van der Waals surface area contributed by atoms with Gasteiger partial charge in [-0.1, -0.05) is 31.9 Å². The molecule has 2 bridgehead atoms. The number of furan rings is 1. The van der Waals surface area contributed by atoms with Gasteiger partial charge in [0.2, 0.25) is 17.7 Å². The zero-order chi connectivity index (χ0) is 17.9. The molecule has 2 heterocycles. The van der Waals surface area contributed by atoms with Crippen LogP contribution in [0, 0.1) is 23.7 Å². The number of nitrogens with one attached hydrogen (secondary N) is 1. The SMILES string of the molecule is C[C@@H](C(=O)NCc1ccco1)N1C(=O)[C@@H]2[C@@H]3C[C@H]([C@H](Br)[C@@H]3Br)[C@@H]2C1=O. The number of rotatable bonds is 4. The maximum Gasteiger partial charge on any atom is 0.243 e. The first-order valence-electron chi connectivity index (χ1n) is 8.37. The van der Waals surface area contributed by atoms with E-state index in [4.69, 9.17) is 4.42 Å². The van der Waals surface area contributed by atoms with Gasteiger partial charge < -0.3 is 9.73 Å². The van der Waals surface area contributed by atoms with Crippen LogP contribution < -0.4 is 5.32 Å². The minimum absolute atomic E-state index is 0.152. The van der Waals surface area contributed by atoms with E-state index in [1.807, 2.05) is 0 Å². The average molecular weight is 474 g/mol. The van der Waals surface area contributed by atoms with Crippen molar-refractivity contribution in [1.29, 1.82) is 0 Å². The van der Waals surface area contributed by atoms with E-state index in [2.05, 4.69) is 37.2 Å². The van der Waals surface area contributed by atoms with E-state index >= 15 is 0 Å². The quantitative estimate of drug-likeness (QED) is 0.536. The molecule has 134 valence electrons. The summed E-state index contributed by atoms with van der Waals surface area (Å²) in [4.78, 5) is 39.8. The van der Waals surface area contributed by atoms with Gasteiger partial charge in [-0.05, 0) is 37.3 Å². The number of likely N-dealkylation sites (tertiary alicyclic amines) is 1. The smallest absolute Gasteiger partial charge is 0.243 e. The first-order chi connectivity index (χ1) is 11.9. The summed E-state index contributed by atoms with van der Waals surface area (Å²) in [5.74, 6) is -0.417. The molecule has 8 heteroatoms. The van der Waals surface area contributed by atoms with Gasteiger partial charge in [-0.2, -0.15) is 0 Å². The van der Waals surface area contributed by atoms with E-state index in [-0.39, 0.29) is 57.6 Å². The van der Waals surface area contributed by atoms with Crippen LogP contribution >= 0.6 is 31.9 Å². The van der Waals surface area contributed by atoms with Crippen molar-refractivity contribution in [1.82, 2.24) is 10.2 Å². The van der Waals surface area contributed by atoms with Crippen molar-refractivity contribution in [3.8, 4) is 0 Å². The second kappa shape index (κ2) is 6.23. The second-order valence-corrected chi connectivity index (χ2v) is 9.14. The fourth-order valence-electron chi connectivity index (χ4n) is 4.61. The molecule has 1 N–H and O–H groups in total. The molecule has 7 atom stereocenters. The molecule has 0 unspecified atom stereocenters. The number of nitrogens with zero attached hydrogens (tertiary/aromatic N) is 1. The first-order valence-corrected chi connectivity index (χ1v) is 10.2. The lowest BCUT2D eigenvalue weighted by Crippen LogP contribution is -2.48. The summed E-state index contributed by atoms with van der Waals surface area (Å²) < 4.78 is 5.18. The summed E-state index contributed by atoms with van der Waals surface area (Å²) in [7, 11) is 0. The number of hydrogen-bond donors (Lipinski definition) is 1. The number of fused-ring (bicyclic) bond motifs is 5. The van der Waals surface area contributed by atoms with Gasteiger partial charge in [-0.15, -0.1) is 0 Å². The fraction of sp³-hybridized carbons (Fsp3) is 0.588. The summed E-state index contributed by atoms with van der Waals surface area (Å²) in [6.45, 7) is 1.84. The average Bonchev–Trinajstić information content (AvgIpc) is 3.33. The summed E-state index contributed by atoms with van der Waals surface area (Å²) in [5.41, 5.74) is 0. The summed E-state index contributed by atoms with van der Waals surface area (Å²) in [6, 6.07) is 2.68. The predicted octanol–water partition coefficient (Wildman–Crippen LogP) is 2.06. The van der Waals surface area contributed by atoms with Crippen LogP contribution in [0.25, 0.3) is 0 Å². The van der Waals surface area contributed by atoms with Crippen molar-refractivity contribution in [2.75, 3.05) is 0 Å². The number of imide groups is 1. The minimum Gasteiger partial charge on any atom is -0.467 e. The Morgan fingerprint density at radius 2 is 1.88 bits per heavy atom. The molecular formula is C17H18Br2N2O4. The third-order valence-corrected chi connectivity index (χ3v) is 9.01. The molecule has 1 aromatic rings. The van der Waals surface area contributed by atoms with Crippen molar-refractivity contribution in [2.24, 2.45) is 23.7 Å². The Bertz CT molecular complexity index is 690. The van der Waals surface area contributed by atoms with E-state index in [9.17, 15) is 14.4 Å². The van der Waals surface area contributed by atoms with Crippen molar-refractivity contribution >= 4 is 49.6 Å². The highest BCUT2D eigenvalue weighted by atomic mass is 79.9. The molecule has 1 aromatic heterocycles. The molecule has 1 saturated heterocycles. The molecule has 3 aliphatic rings. The van der Waals surface area contributed by atoms with E-state index in [1.165, 1.54) is 11.2 Å². The van der Waals surface area contributed by atoms with E-state index in [0.29, 0.717) is 5.76 Å². The van der Waals surface area contributed by atoms with Gasteiger partial charge in [-0.25, -0.2) is 0 Å². The zero-order valence-electron chi connectivity index (χ0n) is 13.5. The molecule has 2 aliphatic carbocycles. The standard InChI is InChI=1S/C17H18Br2N2O4/c1-7(15(22)20-6-8-3-2-4-25-8)21-16(23)11-9-5-10(12(11)17(21)24)14(19)13(9)18/h2-4,7,9-14H,5-6H2,1H3,(H,20,22)/t7-,9-,10-,11-,12+,13-,14+/m0/s1. The molecule has 0 radical (unpaired) electrons. The van der Waals surface area contributed by atoms with Gasteiger partial charge >= 0.3 is 0 Å². The normalized spacial score (nSPS) is 37.5. The van der Waals surface area contributed by atoms with Gasteiger partial charge in [0.05, 0.1) is 24.6 Å². The zero-order valence-corrected chi connectivity index (χ0v) is 16.7. The third-order valence-electron chi connectivity index (χ3n) is 5.80. The number of hydrogen-bond acceptors (Lipinski definition) is 4. The van der Waals surface area contributed by atoms with Crippen molar-refractivity contribution < 1.29 is 18.8 Å². The Balaban J connectivity index is 1.48. The Labute approximate surface area is 161 Å². The lowest BCUT2D eigenvalue weighted by molar-refractivity contribution is -0.148. The van der Waals surface area contributed by atoms with Crippen LogP contribution in [0.5, 0.6) is 0 Å². The number of alkyl halides is 2.